The molecule has 5 heteroatoms. The fourth-order valence-corrected chi connectivity index (χ4v) is 2.31. The van der Waals surface area contributed by atoms with Crippen LogP contribution >= 0.6 is 0 Å². The van der Waals surface area contributed by atoms with E-state index in [1.807, 2.05) is 42.5 Å². The number of nitrogens with zero attached hydrogens (tertiary/aromatic N) is 3. The summed E-state index contributed by atoms with van der Waals surface area (Å²) in [4.78, 5) is 14.2. The van der Waals surface area contributed by atoms with Gasteiger partial charge in [0, 0.05) is 24.8 Å². The number of oxime groups is 1. The van der Waals surface area contributed by atoms with Crippen molar-refractivity contribution in [3.63, 3.8) is 0 Å². The molecule has 0 saturated heterocycles. The molecule has 0 atom stereocenters. The van der Waals surface area contributed by atoms with Crippen LogP contribution < -0.4 is 4.74 Å². The van der Waals surface area contributed by atoms with Gasteiger partial charge in [-0.25, -0.2) is 4.98 Å². The SMILES string of the molecule is COc1cc(C=NOCCc2ccccc2)nc(-c2ccccn2)c1. The molecule has 3 rings (SSSR count). The zero-order chi connectivity index (χ0) is 17.3. The summed E-state index contributed by atoms with van der Waals surface area (Å²) in [6.07, 6.45) is 4.12. The van der Waals surface area contributed by atoms with Crippen LogP contribution in [0.3, 0.4) is 0 Å². The second-order valence-electron chi connectivity index (χ2n) is 5.34. The maximum atomic E-state index is 5.33. The summed E-state index contributed by atoms with van der Waals surface area (Å²) in [7, 11) is 1.62. The third-order valence-electron chi connectivity index (χ3n) is 3.57. The number of hydrogen-bond donors (Lipinski definition) is 0. The molecule has 0 fully saturated rings. The lowest BCUT2D eigenvalue weighted by atomic mass is 10.2. The summed E-state index contributed by atoms with van der Waals surface area (Å²) in [5.41, 5.74) is 3.38. The van der Waals surface area contributed by atoms with E-state index in [9.17, 15) is 0 Å². The van der Waals surface area contributed by atoms with Crippen molar-refractivity contribution >= 4 is 6.21 Å². The fourth-order valence-electron chi connectivity index (χ4n) is 2.31. The molecule has 5 nitrogen and oxygen atoms in total. The maximum absolute atomic E-state index is 5.33. The second kappa shape index (κ2) is 8.59. The van der Waals surface area contributed by atoms with Crippen molar-refractivity contribution in [2.75, 3.05) is 13.7 Å². The van der Waals surface area contributed by atoms with Crippen molar-refractivity contribution < 1.29 is 9.57 Å². The van der Waals surface area contributed by atoms with E-state index in [0.29, 0.717) is 18.1 Å². The Hall–Kier alpha value is -3.21. The number of benzene rings is 1. The summed E-state index contributed by atoms with van der Waals surface area (Å²) >= 11 is 0. The molecule has 3 aromatic rings. The first kappa shape index (κ1) is 16.6. The van der Waals surface area contributed by atoms with Crippen LogP contribution in [0.15, 0.2) is 72.0 Å². The number of hydrogen-bond acceptors (Lipinski definition) is 5. The molecule has 0 aliphatic rings. The molecule has 0 aliphatic carbocycles. The standard InChI is InChI=1S/C20H19N3O2/c1-24-18-13-17(23-20(14-18)19-9-5-6-11-21-19)15-22-25-12-10-16-7-3-2-4-8-16/h2-9,11,13-15H,10,12H2,1H3. The summed E-state index contributed by atoms with van der Waals surface area (Å²) in [5, 5.41) is 4.00. The van der Waals surface area contributed by atoms with Crippen LogP contribution in [0, 0.1) is 0 Å². The molecule has 0 unspecified atom stereocenters. The van der Waals surface area contributed by atoms with E-state index in [4.69, 9.17) is 9.57 Å². The van der Waals surface area contributed by atoms with Crippen LogP contribution in [0.1, 0.15) is 11.3 Å². The second-order valence-corrected chi connectivity index (χ2v) is 5.34. The molecular formula is C20H19N3O2. The number of rotatable bonds is 7. The van der Waals surface area contributed by atoms with Gasteiger partial charge in [0.1, 0.15) is 12.4 Å². The predicted molar refractivity (Wildman–Crippen MR) is 97.7 cm³/mol. The Balaban J connectivity index is 1.65. The molecule has 25 heavy (non-hydrogen) atoms. The lowest BCUT2D eigenvalue weighted by Crippen LogP contribution is -1.97. The van der Waals surface area contributed by atoms with Crippen LogP contribution in [0.2, 0.25) is 0 Å². The zero-order valence-corrected chi connectivity index (χ0v) is 14.0. The van der Waals surface area contributed by atoms with Gasteiger partial charge in [-0.3, -0.25) is 4.98 Å². The number of pyridine rings is 2. The molecule has 1 aromatic carbocycles. The molecule has 126 valence electrons. The van der Waals surface area contributed by atoms with Crippen molar-refractivity contribution in [3.05, 3.63) is 78.1 Å². The van der Waals surface area contributed by atoms with Gasteiger partial charge in [-0.1, -0.05) is 41.6 Å². The van der Waals surface area contributed by atoms with Crippen LogP contribution in [0.25, 0.3) is 11.4 Å². The highest BCUT2D eigenvalue weighted by Gasteiger charge is 2.05. The van der Waals surface area contributed by atoms with E-state index >= 15 is 0 Å². The molecule has 0 N–H and O–H groups in total. The molecule has 2 aromatic heterocycles. The van der Waals surface area contributed by atoms with E-state index in [1.165, 1.54) is 5.56 Å². The van der Waals surface area contributed by atoms with Gasteiger partial charge in [0.25, 0.3) is 0 Å². The van der Waals surface area contributed by atoms with Crippen LogP contribution in [-0.2, 0) is 11.3 Å². The lowest BCUT2D eigenvalue weighted by Gasteiger charge is -2.05. The third-order valence-corrected chi connectivity index (χ3v) is 3.57. The third kappa shape index (κ3) is 4.88. The van der Waals surface area contributed by atoms with E-state index in [1.54, 1.807) is 25.6 Å². The van der Waals surface area contributed by atoms with Gasteiger partial charge in [0.2, 0.25) is 0 Å². The van der Waals surface area contributed by atoms with Crippen molar-refractivity contribution in [3.8, 4) is 17.1 Å². The Morgan fingerprint density at radius 3 is 2.60 bits per heavy atom. The summed E-state index contributed by atoms with van der Waals surface area (Å²) in [6, 6.07) is 19.5. The van der Waals surface area contributed by atoms with E-state index in [-0.39, 0.29) is 0 Å². The highest BCUT2D eigenvalue weighted by molar-refractivity contribution is 5.78. The van der Waals surface area contributed by atoms with Gasteiger partial charge in [-0.15, -0.1) is 0 Å². The fraction of sp³-hybridized carbons (Fsp3) is 0.150. The van der Waals surface area contributed by atoms with E-state index in [0.717, 1.165) is 17.8 Å². The highest BCUT2D eigenvalue weighted by atomic mass is 16.6. The van der Waals surface area contributed by atoms with Crippen molar-refractivity contribution in [1.29, 1.82) is 0 Å². The van der Waals surface area contributed by atoms with Crippen LogP contribution in [-0.4, -0.2) is 29.9 Å². The lowest BCUT2D eigenvalue weighted by molar-refractivity contribution is 0.149. The molecule has 0 amide bonds. The molecule has 2 heterocycles. The van der Waals surface area contributed by atoms with Gasteiger partial charge < -0.3 is 9.57 Å². The zero-order valence-electron chi connectivity index (χ0n) is 14.0. The first-order valence-corrected chi connectivity index (χ1v) is 8.02. The first-order chi connectivity index (χ1) is 12.3. The summed E-state index contributed by atoms with van der Waals surface area (Å²) < 4.78 is 5.33. The summed E-state index contributed by atoms with van der Waals surface area (Å²) in [5.74, 6) is 0.696. The Kier molecular flexibility index (Phi) is 5.72. The average molecular weight is 333 g/mol. The smallest absolute Gasteiger partial charge is 0.123 e. The normalized spacial score (nSPS) is 10.8. The average Bonchev–Trinajstić information content (AvgIpc) is 2.69. The summed E-state index contributed by atoms with van der Waals surface area (Å²) in [6.45, 7) is 0.511. The van der Waals surface area contributed by atoms with E-state index in [2.05, 4.69) is 27.3 Å². The molecule has 0 aliphatic heterocycles. The van der Waals surface area contributed by atoms with Crippen LogP contribution in [0.4, 0.5) is 0 Å². The Bertz CT molecular complexity index is 821. The topological polar surface area (TPSA) is 56.6 Å². The van der Waals surface area contributed by atoms with Gasteiger partial charge >= 0.3 is 0 Å². The van der Waals surface area contributed by atoms with Gasteiger partial charge in [-0.2, -0.15) is 0 Å². The number of ether oxygens (including phenoxy) is 1. The monoisotopic (exact) mass is 333 g/mol. The molecule has 0 saturated carbocycles. The minimum Gasteiger partial charge on any atom is -0.497 e. The predicted octanol–water partition coefficient (Wildman–Crippen LogP) is 3.75. The molecule has 0 spiro atoms. The van der Waals surface area contributed by atoms with Crippen molar-refractivity contribution in [2.45, 2.75) is 6.42 Å². The Morgan fingerprint density at radius 2 is 1.84 bits per heavy atom. The Labute approximate surface area is 147 Å². The highest BCUT2D eigenvalue weighted by Crippen LogP contribution is 2.20. The molecule has 0 bridgehead atoms. The van der Waals surface area contributed by atoms with Crippen LogP contribution in [0.5, 0.6) is 5.75 Å². The minimum absolute atomic E-state index is 0.511. The minimum atomic E-state index is 0.511. The molecular weight excluding hydrogens is 314 g/mol. The quantitative estimate of drug-likeness (QED) is 0.375. The Morgan fingerprint density at radius 1 is 1.00 bits per heavy atom. The molecule has 0 radical (unpaired) electrons. The van der Waals surface area contributed by atoms with Gasteiger partial charge in [0.05, 0.1) is 30.4 Å². The maximum Gasteiger partial charge on any atom is 0.123 e. The number of aromatic nitrogens is 2. The first-order valence-electron chi connectivity index (χ1n) is 8.02. The van der Waals surface area contributed by atoms with Gasteiger partial charge in [-0.05, 0) is 17.7 Å². The van der Waals surface area contributed by atoms with Crippen molar-refractivity contribution in [2.24, 2.45) is 5.16 Å². The largest absolute Gasteiger partial charge is 0.497 e. The number of methoxy groups -OCH3 is 1. The van der Waals surface area contributed by atoms with Gasteiger partial charge in [0.15, 0.2) is 0 Å². The van der Waals surface area contributed by atoms with Crippen molar-refractivity contribution in [1.82, 2.24) is 9.97 Å². The van der Waals surface area contributed by atoms with E-state index < -0.39 is 0 Å².